The molecule has 0 saturated heterocycles. The van der Waals surface area contributed by atoms with Crippen LogP contribution in [0.15, 0.2) is 24.3 Å². The van der Waals surface area contributed by atoms with Gasteiger partial charge < -0.3 is 5.32 Å². The number of benzene rings is 1. The fourth-order valence-electron chi connectivity index (χ4n) is 2.19. The molecule has 0 bridgehead atoms. The number of carbonyl (C=O) groups is 2. The van der Waals surface area contributed by atoms with Gasteiger partial charge in [-0.05, 0) is 31.4 Å². The van der Waals surface area contributed by atoms with Crippen molar-refractivity contribution < 1.29 is 9.59 Å². The summed E-state index contributed by atoms with van der Waals surface area (Å²) in [6, 6.07) is 8.10. The van der Waals surface area contributed by atoms with E-state index in [1.165, 1.54) is 5.56 Å². The molecule has 1 aromatic carbocycles. The van der Waals surface area contributed by atoms with Gasteiger partial charge in [-0.2, -0.15) is 0 Å². The number of rotatable bonds is 7. The molecule has 1 aliphatic rings. The van der Waals surface area contributed by atoms with Crippen molar-refractivity contribution in [3.8, 4) is 0 Å². The molecule has 21 heavy (non-hydrogen) atoms. The molecule has 1 aliphatic carbocycles. The fourth-order valence-corrected chi connectivity index (χ4v) is 2.19. The second kappa shape index (κ2) is 6.85. The van der Waals surface area contributed by atoms with Gasteiger partial charge in [0.1, 0.15) is 0 Å². The van der Waals surface area contributed by atoms with Crippen LogP contribution >= 0.6 is 0 Å². The first kappa shape index (κ1) is 15.7. The van der Waals surface area contributed by atoms with E-state index in [9.17, 15) is 9.59 Å². The van der Waals surface area contributed by atoms with Crippen LogP contribution < -0.4 is 5.32 Å². The van der Waals surface area contributed by atoms with Crippen LogP contribution in [0.3, 0.4) is 0 Å². The van der Waals surface area contributed by atoms with E-state index in [1.54, 1.807) is 11.9 Å². The largest absolute Gasteiger partial charge is 0.352 e. The Bertz CT molecular complexity index is 504. The highest BCUT2D eigenvalue weighted by atomic mass is 16.2. The minimum absolute atomic E-state index is 0.00274. The molecule has 114 valence electrons. The lowest BCUT2D eigenvalue weighted by atomic mass is 10.0. The highest BCUT2D eigenvalue weighted by molar-refractivity contribution is 5.97. The molecule has 1 N–H and O–H groups in total. The van der Waals surface area contributed by atoms with E-state index in [0.29, 0.717) is 17.5 Å². The number of amides is 1. The first-order chi connectivity index (χ1) is 9.95. The Morgan fingerprint density at radius 2 is 1.81 bits per heavy atom. The van der Waals surface area contributed by atoms with E-state index in [0.717, 1.165) is 12.8 Å². The molecule has 4 heteroatoms. The quantitative estimate of drug-likeness (QED) is 0.783. The van der Waals surface area contributed by atoms with Gasteiger partial charge in [0.05, 0.1) is 13.1 Å². The van der Waals surface area contributed by atoms with Crippen LogP contribution in [-0.2, 0) is 4.79 Å². The average molecular weight is 288 g/mol. The molecule has 0 radical (unpaired) electrons. The van der Waals surface area contributed by atoms with Gasteiger partial charge in [0.2, 0.25) is 5.91 Å². The van der Waals surface area contributed by atoms with E-state index in [2.05, 4.69) is 19.2 Å². The van der Waals surface area contributed by atoms with Gasteiger partial charge in [0.15, 0.2) is 5.78 Å². The summed E-state index contributed by atoms with van der Waals surface area (Å²) in [5.41, 5.74) is 1.93. The zero-order valence-electron chi connectivity index (χ0n) is 13.1. The highest BCUT2D eigenvalue weighted by Gasteiger charge is 2.23. The number of nitrogens with zero attached hydrogens (tertiary/aromatic N) is 1. The summed E-state index contributed by atoms with van der Waals surface area (Å²) in [7, 11) is 1.80. The minimum atomic E-state index is 0.00274. The molecule has 0 aromatic heterocycles. The third-order valence-electron chi connectivity index (χ3n) is 3.67. The summed E-state index contributed by atoms with van der Waals surface area (Å²) in [5.74, 6) is 0.512. The number of hydrogen-bond donors (Lipinski definition) is 1. The number of ketones is 1. The zero-order valence-corrected chi connectivity index (χ0v) is 13.1. The van der Waals surface area contributed by atoms with Crippen molar-refractivity contribution in [2.24, 2.45) is 0 Å². The Morgan fingerprint density at radius 1 is 1.19 bits per heavy atom. The standard InChI is InChI=1S/C17H24N2O2/c1-12(2)13-4-6-14(7-5-13)16(20)10-19(3)11-17(21)18-15-8-9-15/h4-7,12,15H,8-11H2,1-3H3,(H,18,21). The zero-order chi connectivity index (χ0) is 15.4. The second-order valence-corrected chi connectivity index (χ2v) is 6.21. The van der Waals surface area contributed by atoms with Crippen molar-refractivity contribution >= 4 is 11.7 Å². The molecule has 0 atom stereocenters. The highest BCUT2D eigenvalue weighted by Crippen LogP contribution is 2.18. The van der Waals surface area contributed by atoms with Crippen LogP contribution in [0.25, 0.3) is 0 Å². The smallest absolute Gasteiger partial charge is 0.234 e. The molecule has 0 heterocycles. The van der Waals surface area contributed by atoms with Crippen LogP contribution in [-0.4, -0.2) is 42.8 Å². The van der Waals surface area contributed by atoms with E-state index in [4.69, 9.17) is 0 Å². The van der Waals surface area contributed by atoms with E-state index in [-0.39, 0.29) is 24.8 Å². The van der Waals surface area contributed by atoms with E-state index in [1.807, 2.05) is 24.3 Å². The number of Topliss-reactive ketones (excluding diaryl/α,β-unsaturated/α-hetero) is 1. The van der Waals surface area contributed by atoms with Gasteiger partial charge in [-0.1, -0.05) is 38.1 Å². The Morgan fingerprint density at radius 3 is 2.33 bits per heavy atom. The molecule has 1 aromatic rings. The van der Waals surface area contributed by atoms with Crippen LogP contribution in [0.2, 0.25) is 0 Å². The third kappa shape index (κ3) is 4.97. The van der Waals surface area contributed by atoms with E-state index >= 15 is 0 Å². The maximum atomic E-state index is 12.2. The monoisotopic (exact) mass is 288 g/mol. The van der Waals surface area contributed by atoms with Crippen molar-refractivity contribution in [3.05, 3.63) is 35.4 Å². The van der Waals surface area contributed by atoms with Crippen LogP contribution in [0.4, 0.5) is 0 Å². The maximum Gasteiger partial charge on any atom is 0.234 e. The van der Waals surface area contributed by atoms with Gasteiger partial charge in [-0.3, -0.25) is 14.5 Å². The maximum absolute atomic E-state index is 12.2. The van der Waals surface area contributed by atoms with Crippen molar-refractivity contribution in [1.29, 1.82) is 0 Å². The molecule has 2 rings (SSSR count). The molecule has 0 aliphatic heterocycles. The second-order valence-electron chi connectivity index (χ2n) is 6.21. The Kier molecular flexibility index (Phi) is 5.12. The summed E-state index contributed by atoms with van der Waals surface area (Å²) in [4.78, 5) is 25.6. The van der Waals surface area contributed by atoms with Gasteiger partial charge in [-0.25, -0.2) is 0 Å². The lowest BCUT2D eigenvalue weighted by molar-refractivity contribution is -0.121. The normalized spacial score (nSPS) is 14.5. The van der Waals surface area contributed by atoms with Gasteiger partial charge in [-0.15, -0.1) is 0 Å². The predicted molar refractivity (Wildman–Crippen MR) is 83.5 cm³/mol. The van der Waals surface area contributed by atoms with Gasteiger partial charge >= 0.3 is 0 Å². The number of likely N-dealkylation sites (N-methyl/N-ethyl adjacent to an activating group) is 1. The molecular weight excluding hydrogens is 264 g/mol. The lowest BCUT2D eigenvalue weighted by Crippen LogP contribution is -2.38. The van der Waals surface area contributed by atoms with Crippen molar-refractivity contribution in [2.45, 2.75) is 38.6 Å². The number of nitrogens with one attached hydrogen (secondary N) is 1. The summed E-state index contributed by atoms with van der Waals surface area (Å²) < 4.78 is 0. The van der Waals surface area contributed by atoms with Crippen LogP contribution in [0.5, 0.6) is 0 Å². The molecule has 1 fully saturated rings. The topological polar surface area (TPSA) is 49.4 Å². The lowest BCUT2D eigenvalue weighted by Gasteiger charge is -2.15. The van der Waals surface area contributed by atoms with Crippen molar-refractivity contribution in [2.75, 3.05) is 20.1 Å². The summed E-state index contributed by atoms with van der Waals surface area (Å²) >= 11 is 0. The Labute approximate surface area is 126 Å². The summed E-state index contributed by atoms with van der Waals surface area (Å²) in [6.45, 7) is 4.79. The summed E-state index contributed by atoms with van der Waals surface area (Å²) in [5, 5.41) is 2.93. The van der Waals surface area contributed by atoms with Gasteiger partial charge in [0.25, 0.3) is 0 Å². The molecular formula is C17H24N2O2. The number of carbonyl (C=O) groups excluding carboxylic acids is 2. The van der Waals surface area contributed by atoms with Crippen molar-refractivity contribution in [3.63, 3.8) is 0 Å². The SMILES string of the molecule is CC(C)c1ccc(C(=O)CN(C)CC(=O)NC2CC2)cc1. The summed E-state index contributed by atoms with van der Waals surface area (Å²) in [6.07, 6.45) is 2.16. The minimum Gasteiger partial charge on any atom is -0.352 e. The number of hydrogen-bond acceptors (Lipinski definition) is 3. The molecule has 0 unspecified atom stereocenters. The molecule has 0 spiro atoms. The van der Waals surface area contributed by atoms with Crippen LogP contribution in [0.1, 0.15) is 48.5 Å². The predicted octanol–water partition coefficient (Wildman–Crippen LogP) is 2.20. The molecule has 4 nitrogen and oxygen atoms in total. The first-order valence-electron chi connectivity index (χ1n) is 7.56. The molecule has 1 saturated carbocycles. The molecule has 1 amide bonds. The first-order valence-corrected chi connectivity index (χ1v) is 7.56. The van der Waals surface area contributed by atoms with Gasteiger partial charge in [0, 0.05) is 11.6 Å². The van der Waals surface area contributed by atoms with E-state index < -0.39 is 0 Å². The Hall–Kier alpha value is -1.68. The Balaban J connectivity index is 1.83. The average Bonchev–Trinajstić information content (AvgIpc) is 3.22. The third-order valence-corrected chi connectivity index (χ3v) is 3.67. The van der Waals surface area contributed by atoms with Crippen molar-refractivity contribution in [1.82, 2.24) is 10.2 Å². The van der Waals surface area contributed by atoms with Crippen LogP contribution in [0, 0.1) is 0 Å². The fraction of sp³-hybridized carbons (Fsp3) is 0.529.